The standard InChI is InChI=1S/C34H34N2O8S/c1-5-41-22-8-9-23-28(18-22)45-34(35-23)36-30(20-6-10-24(26(16-20)40-4)42-13-12-19(2)3)29(32(38)33(36)39)31(37)21-7-11-25-27(17-21)44-15-14-43-25/h6-11,16-19,30,37H,5,12-15H2,1-4H3/b31-29+. The summed E-state index contributed by atoms with van der Waals surface area (Å²) in [6.07, 6.45) is 0.864. The molecular weight excluding hydrogens is 596 g/mol. The molecule has 1 saturated heterocycles. The quantitative estimate of drug-likeness (QED) is 0.119. The van der Waals surface area contributed by atoms with Gasteiger partial charge in [-0.05, 0) is 73.4 Å². The Morgan fingerprint density at radius 1 is 1.02 bits per heavy atom. The van der Waals surface area contributed by atoms with E-state index < -0.39 is 17.7 Å². The van der Waals surface area contributed by atoms with Crippen LogP contribution in [0.1, 0.15) is 44.4 Å². The number of fused-ring (bicyclic) bond motifs is 2. The summed E-state index contributed by atoms with van der Waals surface area (Å²) in [5.41, 5.74) is 1.42. The van der Waals surface area contributed by atoms with Gasteiger partial charge in [0.05, 0.1) is 42.2 Å². The lowest BCUT2D eigenvalue weighted by molar-refractivity contribution is -0.132. The van der Waals surface area contributed by atoms with Crippen molar-refractivity contribution in [2.75, 3.05) is 38.4 Å². The summed E-state index contributed by atoms with van der Waals surface area (Å²) in [5, 5.41) is 12.0. The first-order valence-electron chi connectivity index (χ1n) is 14.8. The molecule has 1 N–H and O–H groups in total. The predicted molar refractivity (Wildman–Crippen MR) is 171 cm³/mol. The van der Waals surface area contributed by atoms with Gasteiger partial charge < -0.3 is 28.8 Å². The zero-order chi connectivity index (χ0) is 31.7. The lowest BCUT2D eigenvalue weighted by atomic mass is 9.95. The summed E-state index contributed by atoms with van der Waals surface area (Å²) in [6.45, 7) is 7.92. The van der Waals surface area contributed by atoms with E-state index in [1.165, 1.54) is 23.3 Å². The molecule has 0 spiro atoms. The van der Waals surface area contributed by atoms with Crippen LogP contribution in [-0.4, -0.2) is 55.3 Å². The molecule has 3 heterocycles. The van der Waals surface area contributed by atoms with Gasteiger partial charge in [0.2, 0.25) is 0 Å². The number of carbonyl (C=O) groups is 2. The fourth-order valence-electron chi connectivity index (χ4n) is 5.32. The molecule has 11 heteroatoms. The fourth-order valence-corrected chi connectivity index (χ4v) is 6.34. The topological polar surface area (TPSA) is 117 Å². The minimum Gasteiger partial charge on any atom is -0.507 e. The van der Waals surface area contributed by atoms with Crippen molar-refractivity contribution in [2.45, 2.75) is 33.2 Å². The summed E-state index contributed by atoms with van der Waals surface area (Å²) in [6, 6.07) is 14.6. The summed E-state index contributed by atoms with van der Waals surface area (Å²) in [5.74, 6) is 1.11. The molecule has 2 aliphatic rings. The van der Waals surface area contributed by atoms with Crippen molar-refractivity contribution >= 4 is 44.1 Å². The van der Waals surface area contributed by atoms with Gasteiger partial charge in [-0.2, -0.15) is 0 Å². The number of nitrogens with zero attached hydrogens (tertiary/aromatic N) is 2. The molecule has 234 valence electrons. The summed E-state index contributed by atoms with van der Waals surface area (Å²) in [4.78, 5) is 33.7. The van der Waals surface area contributed by atoms with E-state index >= 15 is 0 Å². The number of thiazole rings is 1. The molecule has 45 heavy (non-hydrogen) atoms. The van der Waals surface area contributed by atoms with E-state index in [2.05, 4.69) is 13.8 Å². The number of rotatable bonds is 10. The largest absolute Gasteiger partial charge is 0.507 e. The van der Waals surface area contributed by atoms with Crippen molar-refractivity contribution in [3.8, 4) is 28.7 Å². The first-order valence-corrected chi connectivity index (χ1v) is 15.7. The first-order chi connectivity index (χ1) is 21.8. The third-order valence-corrected chi connectivity index (χ3v) is 8.60. The van der Waals surface area contributed by atoms with Gasteiger partial charge in [-0.3, -0.25) is 14.5 Å². The molecule has 10 nitrogen and oxygen atoms in total. The number of Topliss-reactive ketones (excluding diaryl/α,β-unsaturated/α-hetero) is 1. The average molecular weight is 631 g/mol. The molecule has 3 aromatic carbocycles. The molecule has 0 radical (unpaired) electrons. The van der Waals surface area contributed by atoms with Crippen molar-refractivity contribution in [2.24, 2.45) is 5.92 Å². The van der Waals surface area contributed by atoms with E-state index in [1.54, 1.807) is 36.4 Å². The Balaban J connectivity index is 1.48. The Morgan fingerprint density at radius 2 is 1.82 bits per heavy atom. The van der Waals surface area contributed by atoms with Crippen molar-refractivity contribution < 1.29 is 38.4 Å². The van der Waals surface area contributed by atoms with E-state index in [-0.39, 0.29) is 11.3 Å². The van der Waals surface area contributed by atoms with Gasteiger partial charge >= 0.3 is 5.91 Å². The van der Waals surface area contributed by atoms with E-state index in [0.29, 0.717) is 82.9 Å². The van der Waals surface area contributed by atoms with Crippen molar-refractivity contribution in [1.29, 1.82) is 0 Å². The molecule has 4 aromatic rings. The fraction of sp³-hybridized carbons (Fsp3) is 0.324. The minimum absolute atomic E-state index is 0.0820. The molecule has 2 aliphatic heterocycles. The number of amides is 1. The second-order valence-corrected chi connectivity index (χ2v) is 12.0. The lowest BCUT2D eigenvalue weighted by Gasteiger charge is -2.24. The molecular formula is C34H34N2O8S. The van der Waals surface area contributed by atoms with Crippen LogP contribution in [0.5, 0.6) is 28.7 Å². The maximum atomic E-state index is 13.8. The molecule has 0 bridgehead atoms. The molecule has 1 amide bonds. The van der Waals surface area contributed by atoms with Gasteiger partial charge in [-0.25, -0.2) is 4.98 Å². The van der Waals surface area contributed by atoms with Crippen LogP contribution in [-0.2, 0) is 9.59 Å². The molecule has 1 aromatic heterocycles. The average Bonchev–Trinajstić information content (AvgIpc) is 3.57. The monoisotopic (exact) mass is 630 g/mol. The smallest absolute Gasteiger partial charge is 0.301 e. The second kappa shape index (κ2) is 12.7. The number of hydrogen-bond acceptors (Lipinski definition) is 10. The van der Waals surface area contributed by atoms with Crippen LogP contribution in [0.25, 0.3) is 16.0 Å². The number of aromatic nitrogens is 1. The van der Waals surface area contributed by atoms with Crippen molar-refractivity contribution in [3.05, 3.63) is 71.3 Å². The Labute approximate surface area is 264 Å². The van der Waals surface area contributed by atoms with E-state index in [1.807, 2.05) is 25.1 Å². The lowest BCUT2D eigenvalue weighted by Crippen LogP contribution is -2.29. The minimum atomic E-state index is -1.01. The Kier molecular flexibility index (Phi) is 8.53. The van der Waals surface area contributed by atoms with E-state index in [9.17, 15) is 14.7 Å². The normalized spacial score (nSPS) is 17.3. The molecule has 1 unspecified atom stereocenters. The second-order valence-electron chi connectivity index (χ2n) is 11.0. The zero-order valence-corrected chi connectivity index (χ0v) is 26.3. The molecule has 0 aliphatic carbocycles. The Hall–Kier alpha value is -4.77. The third kappa shape index (κ3) is 5.87. The van der Waals surface area contributed by atoms with Crippen LogP contribution in [0.15, 0.2) is 60.2 Å². The Bertz CT molecular complexity index is 1800. The van der Waals surface area contributed by atoms with Gasteiger partial charge in [0, 0.05) is 5.56 Å². The maximum Gasteiger partial charge on any atom is 0.301 e. The van der Waals surface area contributed by atoms with Crippen LogP contribution in [0.2, 0.25) is 0 Å². The highest BCUT2D eigenvalue weighted by Gasteiger charge is 2.48. The van der Waals surface area contributed by atoms with Crippen LogP contribution < -0.4 is 28.6 Å². The number of benzene rings is 3. The number of anilines is 1. The van der Waals surface area contributed by atoms with Gasteiger partial charge in [-0.1, -0.05) is 31.3 Å². The number of carbonyl (C=O) groups excluding carboxylic acids is 2. The van der Waals surface area contributed by atoms with Gasteiger partial charge in [0.15, 0.2) is 28.1 Å². The van der Waals surface area contributed by atoms with Gasteiger partial charge in [-0.15, -0.1) is 0 Å². The van der Waals surface area contributed by atoms with E-state index in [4.69, 9.17) is 28.7 Å². The van der Waals surface area contributed by atoms with Gasteiger partial charge in [0.1, 0.15) is 24.7 Å². The van der Waals surface area contributed by atoms with Gasteiger partial charge in [0.25, 0.3) is 5.78 Å². The van der Waals surface area contributed by atoms with E-state index in [0.717, 1.165) is 11.1 Å². The highest BCUT2D eigenvalue weighted by Crippen LogP contribution is 2.46. The highest BCUT2D eigenvalue weighted by molar-refractivity contribution is 7.22. The summed E-state index contributed by atoms with van der Waals surface area (Å²) >= 11 is 1.26. The van der Waals surface area contributed by atoms with Crippen molar-refractivity contribution in [1.82, 2.24) is 4.98 Å². The first kappa shape index (κ1) is 30.3. The summed E-state index contributed by atoms with van der Waals surface area (Å²) < 4.78 is 29.4. The molecule has 6 rings (SSSR count). The third-order valence-electron chi connectivity index (χ3n) is 7.58. The summed E-state index contributed by atoms with van der Waals surface area (Å²) in [7, 11) is 1.53. The SMILES string of the molecule is CCOc1ccc2nc(N3C(=O)C(=O)/C(=C(/O)c4ccc5c(c4)OCCO5)C3c3ccc(OCCC(C)C)c(OC)c3)sc2c1. The number of aliphatic hydroxyl groups excluding tert-OH is 1. The van der Waals surface area contributed by atoms with Crippen LogP contribution in [0.3, 0.4) is 0 Å². The number of aliphatic hydroxyl groups is 1. The number of ether oxygens (including phenoxy) is 5. The van der Waals surface area contributed by atoms with Crippen LogP contribution in [0, 0.1) is 5.92 Å². The zero-order valence-electron chi connectivity index (χ0n) is 25.5. The number of ketones is 1. The number of methoxy groups -OCH3 is 1. The predicted octanol–water partition coefficient (Wildman–Crippen LogP) is 6.53. The van der Waals surface area contributed by atoms with Crippen molar-refractivity contribution in [3.63, 3.8) is 0 Å². The molecule has 1 fully saturated rings. The highest BCUT2D eigenvalue weighted by atomic mass is 32.1. The Morgan fingerprint density at radius 3 is 2.58 bits per heavy atom. The molecule has 0 saturated carbocycles. The van der Waals surface area contributed by atoms with Crippen LogP contribution >= 0.6 is 11.3 Å². The maximum absolute atomic E-state index is 13.8. The molecule has 1 atom stereocenters. The van der Waals surface area contributed by atoms with Crippen LogP contribution in [0.4, 0.5) is 5.13 Å². The number of hydrogen-bond donors (Lipinski definition) is 1.